The molecule has 5 nitrogen and oxygen atoms in total. The van der Waals surface area contributed by atoms with Gasteiger partial charge in [-0.2, -0.15) is 0 Å². The Bertz CT molecular complexity index is 609. The van der Waals surface area contributed by atoms with Crippen LogP contribution < -0.4 is 51.4 Å². The maximum absolute atomic E-state index is 10.9. The molecule has 6 radical (unpaired) electrons. The van der Waals surface area contributed by atoms with Gasteiger partial charge in [0.1, 0.15) is 11.6 Å². The SMILES string of the molecule is C.C.CC(=O)[B]CCCPP.CCC.CCC(C)=O.CCCC(=O)[B]CC(=O)CC.CCCC(=O)[B]CCCPP.I.[B].[H-].[K+]. The van der Waals surface area contributed by atoms with Crippen LogP contribution in [0.25, 0.3) is 0 Å². The second kappa shape index (κ2) is 67.8. The second-order valence-corrected chi connectivity index (χ2v) is 13.0. The summed E-state index contributed by atoms with van der Waals surface area (Å²) in [5.41, 5.74) is 0.607. The van der Waals surface area contributed by atoms with Crippen LogP contribution in [-0.2, 0) is 24.0 Å². The molecular weight excluding hydrogens is 761 g/mol. The molecule has 0 aromatic carbocycles. The van der Waals surface area contributed by atoms with Gasteiger partial charge in [0.25, 0.3) is 0 Å². The van der Waals surface area contributed by atoms with Gasteiger partial charge in [-0.25, -0.2) is 0 Å². The number of Topliss-reactive ketones (excluding diaryl/α,β-unsaturated/α-hetero) is 2. The fourth-order valence-corrected chi connectivity index (χ4v) is 4.09. The Labute approximate surface area is 349 Å². The van der Waals surface area contributed by atoms with E-state index in [2.05, 4.69) is 31.7 Å². The van der Waals surface area contributed by atoms with Gasteiger partial charge in [-0.3, -0.25) is 0 Å². The quantitative estimate of drug-likeness (QED) is 0.0666. The van der Waals surface area contributed by atoms with Crippen LogP contribution in [0.15, 0.2) is 0 Å². The summed E-state index contributed by atoms with van der Waals surface area (Å²) in [6, 6.07) is 0. The van der Waals surface area contributed by atoms with Gasteiger partial charge < -0.3 is 25.4 Å². The predicted octanol–water partition coefficient (Wildman–Crippen LogP) is 6.25. The van der Waals surface area contributed by atoms with Gasteiger partial charge in [-0.1, -0.05) is 101 Å². The molecular formula is C29H68B4IKO5P4. The first kappa shape index (κ1) is 72.4. The first-order valence-corrected chi connectivity index (χ1v) is 20.4. The summed E-state index contributed by atoms with van der Waals surface area (Å²) in [4.78, 5) is 52.7. The number of hydrogen-bond acceptors (Lipinski definition) is 5. The van der Waals surface area contributed by atoms with Crippen molar-refractivity contribution in [2.45, 2.75) is 147 Å². The van der Waals surface area contributed by atoms with Crippen LogP contribution in [0, 0.1) is 0 Å². The zero-order chi connectivity index (χ0) is 31.3. The molecule has 0 aliphatic carbocycles. The maximum atomic E-state index is 10.9. The molecule has 0 aliphatic rings. The first-order chi connectivity index (χ1) is 18.5. The summed E-state index contributed by atoms with van der Waals surface area (Å²) in [6.07, 6.45) is 12.6. The molecule has 0 bridgehead atoms. The van der Waals surface area contributed by atoms with Crippen LogP contribution in [0.1, 0.15) is 129 Å². The molecule has 0 amide bonds. The Kier molecular flexibility index (Phi) is 112. The van der Waals surface area contributed by atoms with Gasteiger partial charge >= 0.3 is 51.4 Å². The fourth-order valence-electron chi connectivity index (χ4n) is 2.05. The molecule has 4 unspecified atom stereocenters. The van der Waals surface area contributed by atoms with Gasteiger partial charge in [0.2, 0.25) is 21.8 Å². The van der Waals surface area contributed by atoms with Crippen LogP contribution in [0.3, 0.4) is 0 Å². The minimum Gasteiger partial charge on any atom is -1.00 e. The van der Waals surface area contributed by atoms with Crippen molar-refractivity contribution in [3.63, 3.8) is 0 Å². The number of carbonyl (C=O) groups is 5. The monoisotopic (exact) mass is 830 g/mol. The average molecular weight is 830 g/mol. The Morgan fingerprint density at radius 3 is 1.30 bits per heavy atom. The Morgan fingerprint density at radius 1 is 0.682 bits per heavy atom. The van der Waals surface area contributed by atoms with Crippen LogP contribution in [0.2, 0.25) is 19.0 Å². The van der Waals surface area contributed by atoms with Crippen LogP contribution in [0.5, 0.6) is 0 Å². The number of halogens is 1. The van der Waals surface area contributed by atoms with E-state index in [1.54, 1.807) is 28.1 Å². The fraction of sp³-hybridized carbons (Fsp3) is 0.828. The summed E-state index contributed by atoms with van der Waals surface area (Å²) in [5.74, 6) is 0.388. The number of carbonyl (C=O) groups excluding carboxylic acids is 5. The summed E-state index contributed by atoms with van der Waals surface area (Å²) < 4.78 is 0. The molecule has 0 fully saturated rings. The van der Waals surface area contributed by atoms with Gasteiger partial charge in [0.15, 0.2) is 0 Å². The van der Waals surface area contributed by atoms with E-state index >= 15 is 0 Å². The molecule has 0 heterocycles. The smallest absolute Gasteiger partial charge is 1.00 e. The van der Waals surface area contributed by atoms with Crippen LogP contribution in [-0.4, -0.2) is 71.2 Å². The minimum atomic E-state index is 0. The third kappa shape index (κ3) is 96.8. The van der Waals surface area contributed by atoms with Crippen molar-refractivity contribution in [2.24, 2.45) is 0 Å². The van der Waals surface area contributed by atoms with E-state index in [0.29, 0.717) is 31.3 Å². The maximum Gasteiger partial charge on any atom is 1.00 e. The molecule has 0 aromatic rings. The summed E-state index contributed by atoms with van der Waals surface area (Å²) in [6.45, 7) is 15.1. The van der Waals surface area contributed by atoms with Crippen molar-refractivity contribution < 1.29 is 76.8 Å². The Morgan fingerprint density at radius 2 is 1.02 bits per heavy atom. The molecule has 0 saturated carbocycles. The van der Waals surface area contributed by atoms with E-state index in [1.165, 1.54) is 26.0 Å². The molecule has 0 aromatic heterocycles. The van der Waals surface area contributed by atoms with E-state index in [0.717, 1.165) is 61.3 Å². The molecule has 15 heteroatoms. The topological polar surface area (TPSA) is 85.3 Å². The first-order valence-electron chi connectivity index (χ1n) is 14.4. The molecule has 254 valence electrons. The van der Waals surface area contributed by atoms with E-state index in [4.69, 9.17) is 0 Å². The van der Waals surface area contributed by atoms with Crippen molar-refractivity contribution >= 4 is 117 Å². The van der Waals surface area contributed by atoms with Crippen molar-refractivity contribution in [1.29, 1.82) is 0 Å². The molecule has 0 rings (SSSR count). The molecule has 0 aliphatic heterocycles. The summed E-state index contributed by atoms with van der Waals surface area (Å²) >= 11 is 0. The molecule has 44 heavy (non-hydrogen) atoms. The van der Waals surface area contributed by atoms with E-state index in [1.807, 2.05) is 28.1 Å². The average Bonchev–Trinajstić information content (AvgIpc) is 2.89. The number of hydrogen-bond donors (Lipinski definition) is 0. The van der Waals surface area contributed by atoms with Gasteiger partial charge in [0, 0.05) is 21.3 Å². The third-order valence-electron chi connectivity index (χ3n) is 4.30. The number of ketones is 2. The van der Waals surface area contributed by atoms with E-state index < -0.39 is 0 Å². The summed E-state index contributed by atoms with van der Waals surface area (Å²) in [5, 5.41) is 0. The van der Waals surface area contributed by atoms with E-state index in [-0.39, 0.29) is 123 Å². The van der Waals surface area contributed by atoms with E-state index in [9.17, 15) is 24.0 Å². The molecule has 4 atom stereocenters. The molecule has 0 saturated heterocycles. The summed E-state index contributed by atoms with van der Waals surface area (Å²) in [7, 11) is 12.4. The second-order valence-electron chi connectivity index (χ2n) is 8.71. The van der Waals surface area contributed by atoms with Gasteiger partial charge in [0.05, 0.1) is 17.0 Å². The Balaban J connectivity index is -0.0000000362. The van der Waals surface area contributed by atoms with Crippen molar-refractivity contribution in [3.05, 3.63) is 0 Å². The normalized spacial score (nSPS) is 8.41. The van der Waals surface area contributed by atoms with Crippen molar-refractivity contribution in [1.82, 2.24) is 0 Å². The minimum absolute atomic E-state index is 0. The molecule has 0 N–H and O–H groups in total. The van der Waals surface area contributed by atoms with Crippen LogP contribution in [0.4, 0.5) is 0 Å². The number of rotatable bonds is 19. The predicted molar refractivity (Wildman–Crippen MR) is 225 cm³/mol. The zero-order valence-corrected chi connectivity index (χ0v) is 38.1. The van der Waals surface area contributed by atoms with Crippen LogP contribution >= 0.6 is 58.4 Å². The zero-order valence-electron chi connectivity index (χ0n) is 29.3. The third-order valence-corrected chi connectivity index (χ3v) is 7.31. The largest absolute Gasteiger partial charge is 1.00 e. The molecule has 0 spiro atoms. The Hall–Kier alpha value is 2.70. The standard InChI is InChI=1S/C8H14BO2.C7H16BOP2.C5H12BOP2.C4H8O.C3H8.2CH4.B.HI.K.H/c1-3-5-8(11)9-6-7(10)4-2;1-2-4-7(9)8-5-3-6-11-10;1-5(7)6-3-2-4-9-8;1-3-4(2)5;1-3-2;;;;;;/h3-6H2,1-2H3;11H,2-6,10H2,1H3;9H,2-4,8H2,1H3;3H2,1-2H3;3H2,1-2H3;2*1H4;;1H;;/q;;;;;;;;;+1;-1. The van der Waals surface area contributed by atoms with Crippen molar-refractivity contribution in [3.8, 4) is 0 Å². The van der Waals surface area contributed by atoms with Gasteiger partial charge in [-0.05, 0) is 45.3 Å². The van der Waals surface area contributed by atoms with Crippen molar-refractivity contribution in [2.75, 3.05) is 12.3 Å². The van der Waals surface area contributed by atoms with Gasteiger partial charge in [-0.15, -0.1) is 58.4 Å².